The standard InChI is InChI=1S/C16H13F3O/c1-10-8-12-5-3-7-14(15(12)20-10)11-4-2-6-13(9-11)16(17,18)19/h2-7,9-10H,8H2,1H3. The molecule has 1 unspecified atom stereocenters. The molecule has 1 aliphatic rings. The van der Waals surface area contributed by atoms with Gasteiger partial charge in [-0.15, -0.1) is 0 Å². The molecule has 2 aromatic rings. The van der Waals surface area contributed by atoms with Crippen LogP contribution in [-0.4, -0.2) is 6.10 Å². The zero-order valence-electron chi connectivity index (χ0n) is 10.9. The highest BCUT2D eigenvalue weighted by Crippen LogP contribution is 2.40. The molecule has 1 aliphatic heterocycles. The average molecular weight is 278 g/mol. The van der Waals surface area contributed by atoms with E-state index in [9.17, 15) is 13.2 Å². The zero-order chi connectivity index (χ0) is 14.3. The van der Waals surface area contributed by atoms with Crippen LogP contribution in [-0.2, 0) is 12.6 Å². The number of alkyl halides is 3. The zero-order valence-corrected chi connectivity index (χ0v) is 10.9. The van der Waals surface area contributed by atoms with Crippen LogP contribution >= 0.6 is 0 Å². The van der Waals surface area contributed by atoms with Gasteiger partial charge >= 0.3 is 6.18 Å². The van der Waals surface area contributed by atoms with Crippen molar-refractivity contribution in [3.63, 3.8) is 0 Å². The number of hydrogen-bond donors (Lipinski definition) is 0. The molecule has 0 saturated carbocycles. The van der Waals surface area contributed by atoms with Crippen molar-refractivity contribution in [2.75, 3.05) is 0 Å². The van der Waals surface area contributed by atoms with Gasteiger partial charge in [0.1, 0.15) is 11.9 Å². The van der Waals surface area contributed by atoms with Crippen molar-refractivity contribution in [3.8, 4) is 16.9 Å². The van der Waals surface area contributed by atoms with Crippen LogP contribution in [0.2, 0.25) is 0 Å². The number of hydrogen-bond acceptors (Lipinski definition) is 1. The van der Waals surface area contributed by atoms with Gasteiger partial charge in [-0.05, 0) is 30.2 Å². The second-order valence-electron chi connectivity index (χ2n) is 5.00. The van der Waals surface area contributed by atoms with E-state index in [1.165, 1.54) is 12.1 Å². The summed E-state index contributed by atoms with van der Waals surface area (Å²) < 4.78 is 44.1. The molecule has 2 aromatic carbocycles. The Labute approximate surface area is 115 Å². The minimum Gasteiger partial charge on any atom is -0.489 e. The van der Waals surface area contributed by atoms with E-state index < -0.39 is 11.7 Å². The molecule has 3 rings (SSSR count). The molecule has 0 fully saturated rings. The summed E-state index contributed by atoms with van der Waals surface area (Å²) in [5.74, 6) is 0.708. The van der Waals surface area contributed by atoms with E-state index in [-0.39, 0.29) is 6.10 Å². The van der Waals surface area contributed by atoms with E-state index >= 15 is 0 Å². The highest BCUT2D eigenvalue weighted by Gasteiger charge is 2.31. The molecular formula is C16H13F3O. The summed E-state index contributed by atoms with van der Waals surface area (Å²) in [7, 11) is 0. The first-order valence-electron chi connectivity index (χ1n) is 6.41. The van der Waals surface area contributed by atoms with Gasteiger partial charge in [0, 0.05) is 12.0 Å². The number of fused-ring (bicyclic) bond motifs is 1. The minimum absolute atomic E-state index is 0.0666. The molecule has 0 saturated heterocycles. The number of benzene rings is 2. The minimum atomic E-state index is -4.33. The first kappa shape index (κ1) is 13.0. The summed E-state index contributed by atoms with van der Waals surface area (Å²) in [5.41, 5.74) is 1.66. The first-order chi connectivity index (χ1) is 9.45. The maximum atomic E-state index is 12.8. The summed E-state index contributed by atoms with van der Waals surface area (Å²) in [6.07, 6.45) is -3.47. The van der Waals surface area contributed by atoms with E-state index in [0.29, 0.717) is 11.3 Å². The molecule has 0 aromatic heterocycles. The summed E-state index contributed by atoms with van der Waals surface area (Å²) in [4.78, 5) is 0. The van der Waals surface area contributed by atoms with Crippen LogP contribution in [0.1, 0.15) is 18.1 Å². The molecule has 0 N–H and O–H groups in total. The quantitative estimate of drug-likeness (QED) is 0.735. The Morgan fingerprint density at radius 1 is 1.10 bits per heavy atom. The second kappa shape index (κ2) is 4.54. The third-order valence-electron chi connectivity index (χ3n) is 3.42. The molecule has 1 nitrogen and oxygen atoms in total. The van der Waals surface area contributed by atoms with Crippen LogP contribution < -0.4 is 4.74 Å². The highest BCUT2D eigenvalue weighted by molar-refractivity contribution is 5.73. The number of rotatable bonds is 1. The van der Waals surface area contributed by atoms with Crippen molar-refractivity contribution >= 4 is 0 Å². The van der Waals surface area contributed by atoms with Gasteiger partial charge in [0.05, 0.1) is 5.56 Å². The van der Waals surface area contributed by atoms with Gasteiger partial charge in [-0.25, -0.2) is 0 Å². The smallest absolute Gasteiger partial charge is 0.416 e. The van der Waals surface area contributed by atoms with Crippen LogP contribution in [0.25, 0.3) is 11.1 Å². The molecule has 0 bridgehead atoms. The normalized spacial score (nSPS) is 17.7. The fourth-order valence-corrected chi connectivity index (χ4v) is 2.53. The molecule has 0 spiro atoms. The Balaban J connectivity index is 2.09. The average Bonchev–Trinajstić information content (AvgIpc) is 2.77. The van der Waals surface area contributed by atoms with E-state index in [1.54, 1.807) is 12.1 Å². The fraction of sp³-hybridized carbons (Fsp3) is 0.250. The van der Waals surface area contributed by atoms with Crippen LogP contribution in [0.4, 0.5) is 13.2 Å². The summed E-state index contributed by atoms with van der Waals surface area (Å²) in [5, 5.41) is 0. The molecule has 20 heavy (non-hydrogen) atoms. The van der Waals surface area contributed by atoms with E-state index in [4.69, 9.17) is 4.74 Å². The summed E-state index contributed by atoms with van der Waals surface area (Å²) in [6, 6.07) is 11.0. The first-order valence-corrected chi connectivity index (χ1v) is 6.41. The van der Waals surface area contributed by atoms with Gasteiger partial charge in [-0.3, -0.25) is 0 Å². The lowest BCUT2D eigenvalue weighted by Crippen LogP contribution is -2.06. The Morgan fingerprint density at radius 3 is 2.60 bits per heavy atom. The topological polar surface area (TPSA) is 9.23 Å². The third-order valence-corrected chi connectivity index (χ3v) is 3.42. The van der Waals surface area contributed by atoms with Crippen molar-refractivity contribution in [2.45, 2.75) is 25.6 Å². The highest BCUT2D eigenvalue weighted by atomic mass is 19.4. The van der Waals surface area contributed by atoms with Gasteiger partial charge in [0.2, 0.25) is 0 Å². The van der Waals surface area contributed by atoms with Crippen LogP contribution in [0.3, 0.4) is 0 Å². The van der Waals surface area contributed by atoms with Crippen molar-refractivity contribution < 1.29 is 17.9 Å². The molecule has 104 valence electrons. The van der Waals surface area contributed by atoms with E-state index in [2.05, 4.69) is 0 Å². The summed E-state index contributed by atoms with van der Waals surface area (Å²) in [6.45, 7) is 1.95. The number of halogens is 3. The number of ether oxygens (including phenoxy) is 1. The Morgan fingerprint density at radius 2 is 1.85 bits per heavy atom. The van der Waals surface area contributed by atoms with Crippen LogP contribution in [0.15, 0.2) is 42.5 Å². The van der Waals surface area contributed by atoms with Gasteiger partial charge in [-0.1, -0.05) is 30.3 Å². The lowest BCUT2D eigenvalue weighted by atomic mass is 9.99. The Bertz CT molecular complexity index is 646. The number of para-hydroxylation sites is 1. The van der Waals surface area contributed by atoms with Gasteiger partial charge < -0.3 is 4.74 Å². The van der Waals surface area contributed by atoms with Crippen molar-refractivity contribution in [1.29, 1.82) is 0 Å². The molecule has 4 heteroatoms. The molecule has 0 radical (unpaired) electrons. The summed E-state index contributed by atoms with van der Waals surface area (Å²) >= 11 is 0. The van der Waals surface area contributed by atoms with E-state index in [1.807, 2.05) is 19.1 Å². The maximum Gasteiger partial charge on any atom is 0.416 e. The van der Waals surface area contributed by atoms with Crippen molar-refractivity contribution in [1.82, 2.24) is 0 Å². The molecular weight excluding hydrogens is 265 g/mol. The monoisotopic (exact) mass is 278 g/mol. The largest absolute Gasteiger partial charge is 0.489 e. The van der Waals surface area contributed by atoms with Crippen molar-refractivity contribution in [3.05, 3.63) is 53.6 Å². The van der Waals surface area contributed by atoms with Crippen LogP contribution in [0.5, 0.6) is 5.75 Å². The van der Waals surface area contributed by atoms with E-state index in [0.717, 1.165) is 23.6 Å². The van der Waals surface area contributed by atoms with Gasteiger partial charge in [-0.2, -0.15) is 13.2 Å². The predicted molar refractivity (Wildman–Crippen MR) is 70.7 cm³/mol. The van der Waals surface area contributed by atoms with Gasteiger partial charge in [0.15, 0.2) is 0 Å². The molecule has 1 heterocycles. The predicted octanol–water partition coefficient (Wildman–Crippen LogP) is 4.70. The Hall–Kier alpha value is -1.97. The SMILES string of the molecule is CC1Cc2cccc(-c3cccc(C(F)(F)F)c3)c2O1. The second-order valence-corrected chi connectivity index (χ2v) is 5.00. The fourth-order valence-electron chi connectivity index (χ4n) is 2.53. The van der Waals surface area contributed by atoms with Crippen LogP contribution in [0, 0.1) is 0 Å². The molecule has 0 amide bonds. The lowest BCUT2D eigenvalue weighted by molar-refractivity contribution is -0.137. The Kier molecular flexibility index (Phi) is 2.96. The maximum absolute atomic E-state index is 12.8. The molecule has 0 aliphatic carbocycles. The van der Waals surface area contributed by atoms with Crippen molar-refractivity contribution in [2.24, 2.45) is 0 Å². The lowest BCUT2D eigenvalue weighted by Gasteiger charge is -2.12. The van der Waals surface area contributed by atoms with Gasteiger partial charge in [0.25, 0.3) is 0 Å². The third kappa shape index (κ3) is 2.26. The molecule has 1 atom stereocenters.